The number of carboxylic acid groups (broad SMARTS) is 1. The number of benzene rings is 3. The number of hydrogen-bond acceptors (Lipinski definition) is 6. The van der Waals surface area contributed by atoms with Crippen LogP contribution in [0.25, 0.3) is 0 Å². The largest absolute Gasteiger partial charge is 0.481 e. The Morgan fingerprint density at radius 3 is 2.09 bits per heavy atom. The standard InChI is InChI=1S/C41H51N7O6/c42-41(43)44-22-10-17-32(38(52)45-31(26-37(50)51)19-18-27-11-4-1-5-12-27)47-39(53)35-25-30(23-28-13-6-2-7-14-28)34-21-20-33(40(54)48(34)35)46-36(49)24-29-15-8-3-9-16-29/h1-9,11-16,30-35H,10,17-26H2,(H,45,52)(H,46,49)(H,47,53)(H,50,51)(H4,42,43,44)/t30-,31+,32+,33?,34+,35+/m1/s1. The zero-order valence-electron chi connectivity index (χ0n) is 30.4. The molecule has 0 radical (unpaired) electrons. The van der Waals surface area contributed by atoms with E-state index in [9.17, 15) is 29.1 Å². The lowest BCUT2D eigenvalue weighted by Crippen LogP contribution is -2.60. The molecule has 2 aliphatic rings. The quantitative estimate of drug-likeness (QED) is 0.0648. The van der Waals surface area contributed by atoms with Gasteiger partial charge in [-0.3, -0.25) is 29.0 Å². The smallest absolute Gasteiger partial charge is 0.305 e. The fourth-order valence-electron chi connectivity index (χ4n) is 7.64. The van der Waals surface area contributed by atoms with Crippen LogP contribution in [0.3, 0.4) is 0 Å². The van der Waals surface area contributed by atoms with Crippen molar-refractivity contribution in [3.8, 4) is 0 Å². The highest BCUT2D eigenvalue weighted by Gasteiger charge is 2.51. The number of rotatable bonds is 18. The minimum atomic E-state index is -1.06. The zero-order valence-corrected chi connectivity index (χ0v) is 30.4. The highest BCUT2D eigenvalue weighted by molar-refractivity contribution is 5.95. The second kappa shape index (κ2) is 19.4. The number of carbonyl (C=O) groups excluding carboxylic acids is 4. The summed E-state index contributed by atoms with van der Waals surface area (Å²) in [4.78, 5) is 72.8. The van der Waals surface area contributed by atoms with Gasteiger partial charge in [0, 0.05) is 18.6 Å². The molecule has 4 amide bonds. The van der Waals surface area contributed by atoms with Crippen LogP contribution in [-0.2, 0) is 43.2 Å². The van der Waals surface area contributed by atoms with E-state index in [1.165, 1.54) is 0 Å². The van der Waals surface area contributed by atoms with Crippen LogP contribution in [0.4, 0.5) is 0 Å². The number of aliphatic carboxylic acids is 1. The molecule has 8 N–H and O–H groups in total. The second-order valence-corrected chi connectivity index (χ2v) is 14.2. The number of aryl methyl sites for hydroxylation is 1. The van der Waals surface area contributed by atoms with Crippen molar-refractivity contribution in [3.63, 3.8) is 0 Å². The third-order valence-electron chi connectivity index (χ3n) is 10.2. The van der Waals surface area contributed by atoms with Gasteiger partial charge in [-0.05, 0) is 74.0 Å². The lowest BCUT2D eigenvalue weighted by molar-refractivity contribution is -0.147. The summed E-state index contributed by atoms with van der Waals surface area (Å²) in [5.74, 6) is -2.80. The first-order chi connectivity index (χ1) is 26.1. The molecule has 2 fully saturated rings. The van der Waals surface area contributed by atoms with E-state index < -0.39 is 42.0 Å². The third-order valence-corrected chi connectivity index (χ3v) is 10.2. The van der Waals surface area contributed by atoms with E-state index in [4.69, 9.17) is 11.5 Å². The normalized spacial score (nSPS) is 20.2. The van der Waals surface area contributed by atoms with Gasteiger partial charge in [0.1, 0.15) is 18.1 Å². The Labute approximate surface area is 316 Å². The Kier molecular flexibility index (Phi) is 14.2. The van der Waals surface area contributed by atoms with Crippen molar-refractivity contribution in [1.29, 1.82) is 0 Å². The van der Waals surface area contributed by atoms with Crippen molar-refractivity contribution < 1.29 is 29.1 Å². The summed E-state index contributed by atoms with van der Waals surface area (Å²) in [6.45, 7) is 0.216. The minimum absolute atomic E-state index is 0.0276. The Morgan fingerprint density at radius 1 is 0.833 bits per heavy atom. The van der Waals surface area contributed by atoms with E-state index in [2.05, 4.69) is 20.9 Å². The highest BCUT2D eigenvalue weighted by Crippen LogP contribution is 2.39. The molecule has 0 aliphatic carbocycles. The molecule has 13 heteroatoms. The zero-order chi connectivity index (χ0) is 38.5. The Morgan fingerprint density at radius 2 is 1.46 bits per heavy atom. The summed E-state index contributed by atoms with van der Waals surface area (Å²) in [5.41, 5.74) is 13.9. The number of aliphatic imine (C=N–C) groups is 1. The van der Waals surface area contributed by atoms with E-state index >= 15 is 0 Å². The number of guanidine groups is 1. The minimum Gasteiger partial charge on any atom is -0.481 e. The van der Waals surface area contributed by atoms with Gasteiger partial charge in [0.05, 0.1) is 12.8 Å². The maximum atomic E-state index is 14.3. The fourth-order valence-corrected chi connectivity index (χ4v) is 7.64. The number of carboxylic acids is 1. The van der Waals surface area contributed by atoms with Gasteiger partial charge in [-0.15, -0.1) is 0 Å². The topological polar surface area (TPSA) is 209 Å². The van der Waals surface area contributed by atoms with Crippen molar-refractivity contribution in [1.82, 2.24) is 20.9 Å². The van der Waals surface area contributed by atoms with Crippen LogP contribution in [0.2, 0.25) is 0 Å². The molecule has 0 saturated carbocycles. The van der Waals surface area contributed by atoms with Gasteiger partial charge < -0.3 is 37.4 Å². The number of piperidine rings is 1. The predicted molar refractivity (Wildman–Crippen MR) is 205 cm³/mol. The number of nitrogens with one attached hydrogen (secondary N) is 3. The maximum Gasteiger partial charge on any atom is 0.305 e. The maximum absolute atomic E-state index is 14.3. The molecule has 3 aromatic rings. The van der Waals surface area contributed by atoms with Crippen LogP contribution in [0.1, 0.15) is 61.6 Å². The van der Waals surface area contributed by atoms with E-state index in [1.54, 1.807) is 4.90 Å². The molecule has 5 rings (SSSR count). The van der Waals surface area contributed by atoms with Crippen molar-refractivity contribution >= 4 is 35.6 Å². The van der Waals surface area contributed by atoms with Crippen LogP contribution in [0, 0.1) is 5.92 Å². The average Bonchev–Trinajstić information content (AvgIpc) is 3.52. The van der Waals surface area contributed by atoms with Gasteiger partial charge in [-0.25, -0.2) is 0 Å². The van der Waals surface area contributed by atoms with Crippen LogP contribution in [0.5, 0.6) is 0 Å². The molecule has 1 unspecified atom stereocenters. The first kappa shape index (κ1) is 39.5. The Balaban J connectivity index is 1.33. The van der Waals surface area contributed by atoms with E-state index in [-0.39, 0.29) is 55.5 Å². The molecule has 54 heavy (non-hydrogen) atoms. The highest BCUT2D eigenvalue weighted by atomic mass is 16.4. The van der Waals surface area contributed by atoms with E-state index in [1.807, 2.05) is 91.0 Å². The molecule has 3 aromatic carbocycles. The lowest BCUT2D eigenvalue weighted by atomic mass is 9.86. The molecule has 13 nitrogen and oxygen atoms in total. The summed E-state index contributed by atoms with van der Waals surface area (Å²) in [6, 6.07) is 25.1. The summed E-state index contributed by atoms with van der Waals surface area (Å²) >= 11 is 0. The number of fused-ring (bicyclic) bond motifs is 1. The molecule has 6 atom stereocenters. The molecule has 0 bridgehead atoms. The number of nitrogens with zero attached hydrogens (tertiary/aromatic N) is 2. The van der Waals surface area contributed by atoms with E-state index in [0.29, 0.717) is 44.9 Å². The Hall–Kier alpha value is -5.72. The predicted octanol–water partition coefficient (Wildman–Crippen LogP) is 2.47. The number of amides is 4. The van der Waals surface area contributed by atoms with Crippen LogP contribution in [0.15, 0.2) is 96.0 Å². The summed E-state index contributed by atoms with van der Waals surface area (Å²) < 4.78 is 0. The van der Waals surface area contributed by atoms with Crippen molar-refractivity contribution in [2.24, 2.45) is 22.4 Å². The van der Waals surface area contributed by atoms with Gasteiger partial charge in [-0.2, -0.15) is 0 Å². The van der Waals surface area contributed by atoms with Gasteiger partial charge in [0.25, 0.3) is 0 Å². The number of hydrogen-bond donors (Lipinski definition) is 6. The fraction of sp³-hybridized carbons (Fsp3) is 0.415. The Bertz CT molecular complexity index is 1750. The molecule has 2 aliphatic heterocycles. The van der Waals surface area contributed by atoms with Crippen LogP contribution >= 0.6 is 0 Å². The van der Waals surface area contributed by atoms with Crippen LogP contribution < -0.4 is 27.4 Å². The SMILES string of the molecule is NC(N)=NCCC[C@H](NC(=O)[C@@H]1C[C@@H](Cc2ccccc2)[C@@H]2CCC(NC(=O)Cc3ccccc3)C(=O)N12)C(=O)N[C@@H](CCc1ccccc1)CC(=O)O. The molecular formula is C41H51N7O6. The van der Waals surface area contributed by atoms with Gasteiger partial charge in [0.15, 0.2) is 5.96 Å². The molecule has 2 heterocycles. The number of carbonyl (C=O) groups is 5. The molecule has 2 saturated heterocycles. The average molecular weight is 738 g/mol. The second-order valence-electron chi connectivity index (χ2n) is 14.2. The monoisotopic (exact) mass is 737 g/mol. The molecule has 0 spiro atoms. The summed E-state index contributed by atoms with van der Waals surface area (Å²) in [5, 5.41) is 18.3. The first-order valence-corrected chi connectivity index (χ1v) is 18.7. The molecule has 0 aromatic heterocycles. The first-order valence-electron chi connectivity index (χ1n) is 18.7. The third kappa shape index (κ3) is 11.4. The summed E-state index contributed by atoms with van der Waals surface area (Å²) in [6.07, 6.45) is 3.36. The number of nitrogens with two attached hydrogens (primary N) is 2. The van der Waals surface area contributed by atoms with Gasteiger partial charge in [0.2, 0.25) is 23.6 Å². The van der Waals surface area contributed by atoms with E-state index in [0.717, 1.165) is 16.7 Å². The molecular weight excluding hydrogens is 686 g/mol. The lowest BCUT2D eigenvalue weighted by Gasteiger charge is -2.39. The van der Waals surface area contributed by atoms with Crippen LogP contribution in [-0.4, -0.2) is 82.3 Å². The van der Waals surface area contributed by atoms with Gasteiger partial charge >= 0.3 is 5.97 Å². The van der Waals surface area contributed by atoms with Crippen molar-refractivity contribution in [3.05, 3.63) is 108 Å². The van der Waals surface area contributed by atoms with Gasteiger partial charge in [-0.1, -0.05) is 91.0 Å². The van der Waals surface area contributed by atoms with Crippen molar-refractivity contribution in [2.45, 2.75) is 94.4 Å². The van der Waals surface area contributed by atoms with Crippen molar-refractivity contribution in [2.75, 3.05) is 6.54 Å². The summed E-state index contributed by atoms with van der Waals surface area (Å²) in [7, 11) is 0. The molecule has 286 valence electrons.